The van der Waals surface area contributed by atoms with E-state index in [1.807, 2.05) is 37.3 Å². The normalized spacial score (nSPS) is 17.1. The van der Waals surface area contributed by atoms with Crippen LogP contribution in [0.2, 0.25) is 0 Å². The number of sulfonamides is 1. The number of benzene rings is 1. The Kier molecular flexibility index (Phi) is 6.46. The Bertz CT molecular complexity index is 864. The molecular formula is C18H25N5O3S. The third kappa shape index (κ3) is 5.30. The van der Waals surface area contributed by atoms with E-state index in [0.29, 0.717) is 51.0 Å². The number of rotatable bonds is 7. The fourth-order valence-corrected chi connectivity index (χ4v) is 4.36. The lowest BCUT2D eigenvalue weighted by atomic mass is 10.2. The average Bonchev–Trinajstić information content (AvgIpc) is 3.27. The van der Waals surface area contributed by atoms with Gasteiger partial charge in [0.1, 0.15) is 12.0 Å². The second-order valence-electron chi connectivity index (χ2n) is 6.20. The molecule has 27 heavy (non-hydrogen) atoms. The highest BCUT2D eigenvalue weighted by Gasteiger charge is 2.27. The van der Waals surface area contributed by atoms with E-state index in [9.17, 15) is 8.42 Å². The summed E-state index contributed by atoms with van der Waals surface area (Å²) in [6, 6.07) is 9.70. The summed E-state index contributed by atoms with van der Waals surface area (Å²) >= 11 is 0. The molecule has 1 fully saturated rings. The monoisotopic (exact) mass is 391 g/mol. The van der Waals surface area contributed by atoms with Crippen LogP contribution in [0.1, 0.15) is 19.0 Å². The van der Waals surface area contributed by atoms with Gasteiger partial charge in [0.05, 0.1) is 12.3 Å². The molecule has 8 nitrogen and oxygen atoms in total. The van der Waals surface area contributed by atoms with Crippen LogP contribution < -0.4 is 10.6 Å². The van der Waals surface area contributed by atoms with Gasteiger partial charge in [0.15, 0.2) is 5.96 Å². The molecule has 1 aliphatic rings. The molecule has 2 aromatic rings. The van der Waals surface area contributed by atoms with Crippen LogP contribution in [0.5, 0.6) is 0 Å². The van der Waals surface area contributed by atoms with Gasteiger partial charge in [-0.3, -0.25) is 0 Å². The van der Waals surface area contributed by atoms with Crippen molar-refractivity contribution >= 4 is 16.0 Å². The molecule has 146 valence electrons. The Hall–Kier alpha value is -2.39. The first-order valence-electron chi connectivity index (χ1n) is 9.08. The van der Waals surface area contributed by atoms with Crippen molar-refractivity contribution < 1.29 is 12.8 Å². The number of hydrogen-bond donors (Lipinski definition) is 2. The standard InChI is InChI=1S/C18H25N5O3S/c1-2-19-18(20-9-11-23-10-6-12-27(23,24)25)21-13-16-14-26-17(22-16)15-7-4-3-5-8-15/h3-5,7-8,14H,2,6,9-13H2,1H3,(H2,19,20,21). The molecule has 0 amide bonds. The molecule has 0 bridgehead atoms. The lowest BCUT2D eigenvalue weighted by molar-refractivity contribution is 0.445. The molecular weight excluding hydrogens is 366 g/mol. The number of aliphatic imine (C=N–C) groups is 1. The van der Waals surface area contributed by atoms with E-state index < -0.39 is 10.0 Å². The predicted molar refractivity (Wildman–Crippen MR) is 105 cm³/mol. The van der Waals surface area contributed by atoms with Gasteiger partial charge in [-0.05, 0) is 25.5 Å². The van der Waals surface area contributed by atoms with Gasteiger partial charge < -0.3 is 15.1 Å². The van der Waals surface area contributed by atoms with Gasteiger partial charge >= 0.3 is 0 Å². The molecule has 2 N–H and O–H groups in total. The molecule has 9 heteroatoms. The number of oxazole rings is 1. The summed E-state index contributed by atoms with van der Waals surface area (Å²) in [5.41, 5.74) is 1.65. The zero-order valence-corrected chi connectivity index (χ0v) is 16.2. The van der Waals surface area contributed by atoms with Crippen molar-refractivity contribution in [3.05, 3.63) is 42.3 Å². The van der Waals surface area contributed by atoms with Crippen molar-refractivity contribution in [2.45, 2.75) is 19.9 Å². The lowest BCUT2D eigenvalue weighted by Gasteiger charge is -2.16. The Morgan fingerprint density at radius 3 is 2.81 bits per heavy atom. The summed E-state index contributed by atoms with van der Waals surface area (Å²) in [6.45, 7) is 4.59. The minimum absolute atomic E-state index is 0.247. The van der Waals surface area contributed by atoms with Gasteiger partial charge in [0, 0.05) is 31.7 Å². The quantitative estimate of drug-likeness (QED) is 0.547. The van der Waals surface area contributed by atoms with Gasteiger partial charge in [-0.2, -0.15) is 0 Å². The highest BCUT2D eigenvalue weighted by Crippen LogP contribution is 2.18. The maximum atomic E-state index is 11.8. The second-order valence-corrected chi connectivity index (χ2v) is 8.29. The minimum atomic E-state index is -3.07. The van der Waals surface area contributed by atoms with Crippen LogP contribution in [0.15, 0.2) is 46.0 Å². The van der Waals surface area contributed by atoms with Crippen molar-refractivity contribution in [3.63, 3.8) is 0 Å². The van der Waals surface area contributed by atoms with Crippen molar-refractivity contribution in [2.75, 3.05) is 31.9 Å². The minimum Gasteiger partial charge on any atom is -0.444 e. The number of hydrogen-bond acceptors (Lipinski definition) is 5. The van der Waals surface area contributed by atoms with E-state index in [4.69, 9.17) is 4.42 Å². The van der Waals surface area contributed by atoms with Gasteiger partial charge in [-0.15, -0.1) is 0 Å². The third-order valence-electron chi connectivity index (χ3n) is 4.17. The van der Waals surface area contributed by atoms with E-state index >= 15 is 0 Å². The van der Waals surface area contributed by atoms with Crippen LogP contribution in [0.4, 0.5) is 0 Å². The third-order valence-corrected chi connectivity index (χ3v) is 6.13. The van der Waals surface area contributed by atoms with Gasteiger partial charge in [-0.1, -0.05) is 18.2 Å². The van der Waals surface area contributed by atoms with Crippen molar-refractivity contribution in [3.8, 4) is 11.5 Å². The Balaban J connectivity index is 1.55. The molecule has 2 heterocycles. The molecule has 1 saturated heterocycles. The van der Waals surface area contributed by atoms with Crippen LogP contribution in [0.25, 0.3) is 11.5 Å². The fraction of sp³-hybridized carbons (Fsp3) is 0.444. The van der Waals surface area contributed by atoms with E-state index in [2.05, 4.69) is 20.6 Å². The summed E-state index contributed by atoms with van der Waals surface area (Å²) in [6.07, 6.45) is 2.30. The highest BCUT2D eigenvalue weighted by molar-refractivity contribution is 7.89. The van der Waals surface area contributed by atoms with Crippen LogP contribution in [0.3, 0.4) is 0 Å². The summed E-state index contributed by atoms with van der Waals surface area (Å²) in [7, 11) is -3.07. The van der Waals surface area contributed by atoms with Crippen LogP contribution in [0, 0.1) is 0 Å². The van der Waals surface area contributed by atoms with Gasteiger partial charge in [-0.25, -0.2) is 22.7 Å². The fourth-order valence-electron chi connectivity index (χ4n) is 2.84. The van der Waals surface area contributed by atoms with Crippen molar-refractivity contribution in [1.82, 2.24) is 19.9 Å². The van der Waals surface area contributed by atoms with Crippen molar-refractivity contribution in [2.24, 2.45) is 4.99 Å². The molecule has 0 atom stereocenters. The van der Waals surface area contributed by atoms with Crippen LogP contribution >= 0.6 is 0 Å². The number of aromatic nitrogens is 1. The maximum Gasteiger partial charge on any atom is 0.226 e. The topological polar surface area (TPSA) is 99.8 Å². The smallest absolute Gasteiger partial charge is 0.226 e. The molecule has 1 aromatic heterocycles. The second kappa shape index (κ2) is 9.01. The SMILES string of the molecule is CCNC(=NCc1coc(-c2ccccc2)n1)NCCN1CCCS1(=O)=O. The van der Waals surface area contributed by atoms with E-state index in [-0.39, 0.29) is 5.75 Å². The average molecular weight is 391 g/mol. The first-order valence-corrected chi connectivity index (χ1v) is 10.7. The molecule has 3 rings (SSSR count). The largest absolute Gasteiger partial charge is 0.444 e. The first-order chi connectivity index (χ1) is 13.1. The molecule has 0 saturated carbocycles. The summed E-state index contributed by atoms with van der Waals surface area (Å²) in [5.74, 6) is 1.44. The van der Waals surface area contributed by atoms with E-state index in [1.54, 1.807) is 6.26 Å². The maximum absolute atomic E-state index is 11.8. The number of nitrogens with zero attached hydrogens (tertiary/aromatic N) is 3. The molecule has 0 aliphatic carbocycles. The molecule has 0 spiro atoms. The van der Waals surface area contributed by atoms with E-state index in [0.717, 1.165) is 11.3 Å². The first kappa shape index (κ1) is 19.4. The number of nitrogens with one attached hydrogen (secondary N) is 2. The number of guanidine groups is 1. The molecule has 0 radical (unpaired) electrons. The van der Waals surface area contributed by atoms with Crippen molar-refractivity contribution in [1.29, 1.82) is 0 Å². The zero-order valence-electron chi connectivity index (χ0n) is 15.4. The summed E-state index contributed by atoms with van der Waals surface area (Å²) in [4.78, 5) is 8.95. The Labute approximate surface area is 159 Å². The predicted octanol–water partition coefficient (Wildman–Crippen LogP) is 1.43. The lowest BCUT2D eigenvalue weighted by Crippen LogP contribution is -2.42. The van der Waals surface area contributed by atoms with Gasteiger partial charge in [0.2, 0.25) is 15.9 Å². The highest BCUT2D eigenvalue weighted by atomic mass is 32.2. The van der Waals surface area contributed by atoms with E-state index in [1.165, 1.54) is 4.31 Å². The Morgan fingerprint density at radius 1 is 1.30 bits per heavy atom. The molecule has 0 unspecified atom stereocenters. The van der Waals surface area contributed by atoms with Crippen LogP contribution in [-0.2, 0) is 16.6 Å². The zero-order chi connectivity index (χ0) is 19.1. The molecule has 1 aliphatic heterocycles. The summed E-state index contributed by atoms with van der Waals surface area (Å²) in [5, 5.41) is 6.32. The molecule has 1 aromatic carbocycles. The van der Waals surface area contributed by atoms with Gasteiger partial charge in [0.25, 0.3) is 0 Å². The summed E-state index contributed by atoms with van der Waals surface area (Å²) < 4.78 is 30.7. The van der Waals surface area contributed by atoms with Crippen LogP contribution in [-0.4, -0.2) is 55.6 Å². The Morgan fingerprint density at radius 2 is 2.11 bits per heavy atom.